The Kier molecular flexibility index (Phi) is 4.53. The fourth-order valence-corrected chi connectivity index (χ4v) is 2.39. The van der Waals surface area contributed by atoms with Gasteiger partial charge < -0.3 is 0 Å². The monoisotopic (exact) mass is 260 g/mol. The molecule has 3 heteroatoms. The van der Waals surface area contributed by atoms with Crippen molar-refractivity contribution >= 4 is 16.9 Å². The molecule has 2 aromatic carbocycles. The first kappa shape index (κ1) is 12.8. The van der Waals surface area contributed by atoms with E-state index in [1.54, 1.807) is 12.1 Å². The summed E-state index contributed by atoms with van der Waals surface area (Å²) >= 11 is 1.27. The van der Waals surface area contributed by atoms with Crippen molar-refractivity contribution in [1.82, 2.24) is 0 Å². The molecule has 0 spiro atoms. The van der Waals surface area contributed by atoms with E-state index in [2.05, 4.69) is 0 Å². The van der Waals surface area contributed by atoms with Gasteiger partial charge in [-0.3, -0.25) is 4.79 Å². The largest absolute Gasteiger partial charge is 0.287 e. The molecule has 0 aliphatic heterocycles. The Balaban J connectivity index is 1.86. The van der Waals surface area contributed by atoms with E-state index < -0.39 is 0 Å². The minimum Gasteiger partial charge on any atom is -0.287 e. The summed E-state index contributed by atoms with van der Waals surface area (Å²) in [7, 11) is 0. The van der Waals surface area contributed by atoms with Crippen LogP contribution in [0.15, 0.2) is 54.6 Å². The van der Waals surface area contributed by atoms with Crippen LogP contribution < -0.4 is 0 Å². The van der Waals surface area contributed by atoms with Gasteiger partial charge in [0, 0.05) is 12.2 Å². The van der Waals surface area contributed by atoms with E-state index in [0.717, 1.165) is 11.1 Å². The van der Waals surface area contributed by atoms with Crippen LogP contribution in [0.4, 0.5) is 4.39 Å². The van der Waals surface area contributed by atoms with E-state index in [9.17, 15) is 9.18 Å². The molecule has 0 amide bonds. The molecular formula is C15H13FOS. The molecule has 0 aliphatic rings. The zero-order valence-corrected chi connectivity index (χ0v) is 10.6. The second-order valence-electron chi connectivity index (χ2n) is 3.95. The highest BCUT2D eigenvalue weighted by Gasteiger charge is 2.05. The van der Waals surface area contributed by atoms with E-state index in [1.165, 1.54) is 23.9 Å². The predicted molar refractivity (Wildman–Crippen MR) is 72.8 cm³/mol. The number of carbonyl (C=O) groups excluding carboxylic acids is 1. The van der Waals surface area contributed by atoms with Gasteiger partial charge in [-0.05, 0) is 23.3 Å². The van der Waals surface area contributed by atoms with Crippen LogP contribution in [0.25, 0.3) is 0 Å². The molecule has 0 unspecified atom stereocenters. The van der Waals surface area contributed by atoms with E-state index in [4.69, 9.17) is 0 Å². The average molecular weight is 260 g/mol. The van der Waals surface area contributed by atoms with Crippen molar-refractivity contribution in [3.8, 4) is 0 Å². The van der Waals surface area contributed by atoms with Gasteiger partial charge in [0.1, 0.15) is 5.82 Å². The van der Waals surface area contributed by atoms with Crippen LogP contribution in [0.5, 0.6) is 0 Å². The van der Waals surface area contributed by atoms with E-state index in [-0.39, 0.29) is 17.4 Å². The molecule has 0 aliphatic carbocycles. The Morgan fingerprint density at radius 2 is 1.72 bits per heavy atom. The van der Waals surface area contributed by atoms with Gasteiger partial charge in [0.15, 0.2) is 5.12 Å². The number of rotatable bonds is 4. The summed E-state index contributed by atoms with van der Waals surface area (Å²) in [6.07, 6.45) is 0.273. The third-order valence-corrected chi connectivity index (χ3v) is 3.42. The molecule has 92 valence electrons. The topological polar surface area (TPSA) is 17.1 Å². The Labute approximate surface area is 110 Å². The van der Waals surface area contributed by atoms with Gasteiger partial charge >= 0.3 is 0 Å². The third kappa shape index (κ3) is 4.00. The van der Waals surface area contributed by atoms with Crippen molar-refractivity contribution in [3.05, 3.63) is 71.5 Å². The van der Waals surface area contributed by atoms with E-state index >= 15 is 0 Å². The number of hydrogen-bond donors (Lipinski definition) is 0. The van der Waals surface area contributed by atoms with Crippen molar-refractivity contribution in [2.75, 3.05) is 0 Å². The van der Waals surface area contributed by atoms with Gasteiger partial charge in [-0.1, -0.05) is 54.2 Å². The van der Waals surface area contributed by atoms with Crippen molar-refractivity contribution < 1.29 is 9.18 Å². The van der Waals surface area contributed by atoms with Crippen LogP contribution in [0.1, 0.15) is 11.1 Å². The molecule has 0 fully saturated rings. The quantitative estimate of drug-likeness (QED) is 0.831. The van der Waals surface area contributed by atoms with Crippen LogP contribution in [0, 0.1) is 5.82 Å². The van der Waals surface area contributed by atoms with Crippen LogP contribution in [0.3, 0.4) is 0 Å². The van der Waals surface area contributed by atoms with Crippen molar-refractivity contribution in [2.45, 2.75) is 12.2 Å². The highest BCUT2D eigenvalue weighted by Crippen LogP contribution is 2.15. The number of benzene rings is 2. The van der Waals surface area contributed by atoms with Gasteiger partial charge in [0.2, 0.25) is 0 Å². The normalized spacial score (nSPS) is 10.3. The zero-order valence-electron chi connectivity index (χ0n) is 9.80. The third-order valence-electron chi connectivity index (χ3n) is 2.48. The Morgan fingerprint density at radius 3 is 2.44 bits per heavy atom. The molecule has 2 aromatic rings. The molecule has 2 rings (SSSR count). The van der Waals surface area contributed by atoms with Crippen molar-refractivity contribution in [1.29, 1.82) is 0 Å². The summed E-state index contributed by atoms with van der Waals surface area (Å²) in [5.74, 6) is 0.364. The molecule has 1 nitrogen and oxygen atoms in total. The average Bonchev–Trinajstić information content (AvgIpc) is 2.38. The minimum absolute atomic E-state index is 0.0597. The maximum Gasteiger partial charge on any atom is 0.193 e. The standard InChI is InChI=1S/C15H13FOS/c16-14-8-4-7-13(9-14)10-15(17)18-11-12-5-2-1-3-6-12/h1-9H,10-11H2. The molecular weight excluding hydrogens is 247 g/mol. The summed E-state index contributed by atoms with van der Waals surface area (Å²) in [6.45, 7) is 0. The second-order valence-corrected chi connectivity index (χ2v) is 4.99. The van der Waals surface area contributed by atoms with Crippen molar-refractivity contribution in [3.63, 3.8) is 0 Å². The molecule has 0 saturated heterocycles. The first-order valence-corrected chi connectivity index (χ1v) is 6.66. The summed E-state index contributed by atoms with van der Waals surface area (Å²) < 4.78 is 13.0. The molecule has 0 atom stereocenters. The summed E-state index contributed by atoms with van der Waals surface area (Å²) in [4.78, 5) is 11.7. The Hall–Kier alpha value is -1.61. The highest BCUT2D eigenvalue weighted by atomic mass is 32.2. The molecule has 0 N–H and O–H groups in total. The van der Waals surface area contributed by atoms with Crippen LogP contribution in [-0.4, -0.2) is 5.12 Å². The van der Waals surface area contributed by atoms with Gasteiger partial charge in [0.05, 0.1) is 0 Å². The summed E-state index contributed by atoms with van der Waals surface area (Å²) in [6, 6.07) is 16.0. The zero-order chi connectivity index (χ0) is 12.8. The number of carbonyl (C=O) groups is 1. The predicted octanol–water partition coefficient (Wildman–Crippen LogP) is 3.83. The van der Waals surface area contributed by atoms with Gasteiger partial charge in [-0.15, -0.1) is 0 Å². The number of thioether (sulfide) groups is 1. The fourth-order valence-electron chi connectivity index (χ4n) is 1.60. The molecule has 0 radical (unpaired) electrons. The van der Waals surface area contributed by atoms with Gasteiger partial charge in [0.25, 0.3) is 0 Å². The Bertz CT molecular complexity index is 525. The molecule has 18 heavy (non-hydrogen) atoms. The lowest BCUT2D eigenvalue weighted by Gasteiger charge is -2.02. The minimum atomic E-state index is -0.298. The smallest absolute Gasteiger partial charge is 0.193 e. The van der Waals surface area contributed by atoms with Crippen LogP contribution >= 0.6 is 11.8 Å². The van der Waals surface area contributed by atoms with Crippen molar-refractivity contribution in [2.24, 2.45) is 0 Å². The summed E-state index contributed by atoms with van der Waals surface area (Å²) in [5.41, 5.74) is 1.84. The lowest BCUT2D eigenvalue weighted by Crippen LogP contribution is -1.98. The first-order chi connectivity index (χ1) is 8.74. The maximum atomic E-state index is 13.0. The highest BCUT2D eigenvalue weighted by molar-refractivity contribution is 8.12. The molecule has 0 bridgehead atoms. The fraction of sp³-hybridized carbons (Fsp3) is 0.133. The molecule has 0 saturated carbocycles. The van der Waals surface area contributed by atoms with Crippen LogP contribution in [0.2, 0.25) is 0 Å². The SMILES string of the molecule is O=C(Cc1cccc(F)c1)SCc1ccccc1. The lowest BCUT2D eigenvalue weighted by atomic mass is 10.2. The second kappa shape index (κ2) is 6.36. The maximum absolute atomic E-state index is 13.0. The van der Waals surface area contributed by atoms with E-state index in [0.29, 0.717) is 5.75 Å². The van der Waals surface area contributed by atoms with E-state index in [1.807, 2.05) is 30.3 Å². The van der Waals surface area contributed by atoms with Gasteiger partial charge in [-0.25, -0.2) is 4.39 Å². The van der Waals surface area contributed by atoms with Crippen LogP contribution in [-0.2, 0) is 17.0 Å². The summed E-state index contributed by atoms with van der Waals surface area (Å²) in [5, 5.41) is 0.0597. The van der Waals surface area contributed by atoms with Gasteiger partial charge in [-0.2, -0.15) is 0 Å². The Morgan fingerprint density at radius 1 is 1.00 bits per heavy atom. The number of hydrogen-bond acceptors (Lipinski definition) is 2. The molecule has 0 aromatic heterocycles. The molecule has 0 heterocycles. The lowest BCUT2D eigenvalue weighted by molar-refractivity contribution is -0.110. The number of halogens is 1. The first-order valence-electron chi connectivity index (χ1n) is 5.68.